The highest BCUT2D eigenvalue weighted by atomic mass is 16.5. The first kappa shape index (κ1) is 17.5. The Balaban J connectivity index is 2.18. The zero-order chi connectivity index (χ0) is 18.1. The van der Waals surface area contributed by atoms with Crippen molar-refractivity contribution in [1.82, 2.24) is 9.47 Å². The van der Waals surface area contributed by atoms with E-state index in [4.69, 9.17) is 4.74 Å². The van der Waals surface area contributed by atoms with E-state index in [0.29, 0.717) is 0 Å². The molecular formula is C18H24N2O5. The van der Waals surface area contributed by atoms with Crippen LogP contribution in [-0.4, -0.2) is 46.1 Å². The minimum Gasteiger partial charge on any atom is -0.487 e. The molecule has 25 heavy (non-hydrogen) atoms. The Morgan fingerprint density at radius 3 is 2.60 bits per heavy atom. The second-order valence-corrected chi connectivity index (χ2v) is 6.80. The Morgan fingerprint density at radius 1 is 1.28 bits per heavy atom. The fourth-order valence-electron chi connectivity index (χ4n) is 3.87. The van der Waals surface area contributed by atoms with E-state index in [9.17, 15) is 19.5 Å². The van der Waals surface area contributed by atoms with Crippen LogP contribution in [0.2, 0.25) is 0 Å². The fraction of sp³-hybridized carbons (Fsp3) is 0.611. The van der Waals surface area contributed by atoms with Gasteiger partial charge in [0.15, 0.2) is 11.4 Å². The second kappa shape index (κ2) is 6.90. The van der Waals surface area contributed by atoms with Gasteiger partial charge in [0.1, 0.15) is 5.56 Å². The molecule has 0 bridgehead atoms. The molecule has 7 heteroatoms. The molecule has 1 amide bonds. The zero-order valence-corrected chi connectivity index (χ0v) is 14.7. The topological polar surface area (TPSA) is 88.8 Å². The lowest BCUT2D eigenvalue weighted by Gasteiger charge is -2.44. The van der Waals surface area contributed by atoms with Crippen molar-refractivity contribution >= 4 is 11.9 Å². The van der Waals surface area contributed by atoms with Crippen LogP contribution < -0.4 is 10.2 Å². The van der Waals surface area contributed by atoms with Crippen molar-refractivity contribution in [2.24, 2.45) is 0 Å². The third-order valence-corrected chi connectivity index (χ3v) is 5.24. The Hall–Kier alpha value is -2.31. The highest BCUT2D eigenvalue weighted by Gasteiger charge is 2.41. The summed E-state index contributed by atoms with van der Waals surface area (Å²) in [5.41, 5.74) is -0.862. The lowest BCUT2D eigenvalue weighted by molar-refractivity contribution is 0.0500. The molecule has 0 unspecified atom stereocenters. The van der Waals surface area contributed by atoms with Crippen LogP contribution in [0.25, 0.3) is 0 Å². The van der Waals surface area contributed by atoms with Gasteiger partial charge in [-0.3, -0.25) is 9.59 Å². The predicted molar refractivity (Wildman–Crippen MR) is 91.5 cm³/mol. The van der Waals surface area contributed by atoms with E-state index in [1.807, 2.05) is 6.92 Å². The lowest BCUT2D eigenvalue weighted by Crippen LogP contribution is -2.51. The van der Waals surface area contributed by atoms with Crippen molar-refractivity contribution in [3.8, 4) is 5.75 Å². The molecule has 2 aliphatic rings. The first-order valence-corrected chi connectivity index (χ1v) is 8.89. The molecule has 1 saturated carbocycles. The Kier molecular flexibility index (Phi) is 4.83. The number of unbranched alkanes of at least 4 members (excludes halogenated alkanes) is 1. The molecule has 0 saturated heterocycles. The minimum absolute atomic E-state index is 0.0151. The average molecular weight is 348 g/mol. The highest BCUT2D eigenvalue weighted by Crippen LogP contribution is 2.38. The number of ether oxygens (including phenoxy) is 1. The van der Waals surface area contributed by atoms with Crippen LogP contribution in [0.5, 0.6) is 5.75 Å². The molecule has 3 rings (SSSR count). The SMILES string of the molecule is CCCCOc1c2n(cc(C(=O)O)c1=O)[C@@H]1CCCC[C@@H]1N(C)C2=O. The van der Waals surface area contributed by atoms with E-state index < -0.39 is 11.4 Å². The number of carboxylic acids is 1. The molecule has 0 spiro atoms. The summed E-state index contributed by atoms with van der Waals surface area (Å²) in [5, 5.41) is 9.41. The van der Waals surface area contributed by atoms with Crippen molar-refractivity contribution in [1.29, 1.82) is 0 Å². The maximum absolute atomic E-state index is 12.9. The molecule has 2 atom stereocenters. The fourth-order valence-corrected chi connectivity index (χ4v) is 3.87. The molecule has 1 aromatic rings. The van der Waals surface area contributed by atoms with Crippen LogP contribution in [0.15, 0.2) is 11.0 Å². The number of hydrogen-bond donors (Lipinski definition) is 1. The van der Waals surface area contributed by atoms with E-state index in [2.05, 4.69) is 0 Å². The van der Waals surface area contributed by atoms with Gasteiger partial charge < -0.3 is 19.3 Å². The van der Waals surface area contributed by atoms with Gasteiger partial charge in [0, 0.05) is 13.2 Å². The molecule has 1 aromatic heterocycles. The van der Waals surface area contributed by atoms with Crippen LogP contribution in [-0.2, 0) is 0 Å². The van der Waals surface area contributed by atoms with Crippen molar-refractivity contribution in [2.75, 3.05) is 13.7 Å². The number of aromatic nitrogens is 1. The standard InChI is InChI=1S/C18H24N2O5/c1-3-4-9-25-16-14-17(22)19(2)12-7-5-6-8-13(12)20(14)10-11(15(16)21)18(23)24/h10,12-13H,3-9H2,1-2H3,(H,23,24)/t12-,13+/m0/s1. The third-order valence-electron chi connectivity index (χ3n) is 5.24. The summed E-state index contributed by atoms with van der Waals surface area (Å²) in [6, 6.07) is 0.0139. The van der Waals surface area contributed by atoms with Gasteiger partial charge in [0.05, 0.1) is 18.7 Å². The maximum atomic E-state index is 12.9. The van der Waals surface area contributed by atoms with Gasteiger partial charge >= 0.3 is 5.97 Å². The number of rotatable bonds is 5. The number of aromatic carboxylic acids is 1. The summed E-state index contributed by atoms with van der Waals surface area (Å²) < 4.78 is 7.31. The van der Waals surface area contributed by atoms with E-state index in [1.165, 1.54) is 6.20 Å². The van der Waals surface area contributed by atoms with Crippen molar-refractivity contribution in [3.63, 3.8) is 0 Å². The zero-order valence-electron chi connectivity index (χ0n) is 14.7. The largest absolute Gasteiger partial charge is 0.487 e. The summed E-state index contributed by atoms with van der Waals surface area (Å²) >= 11 is 0. The number of carbonyl (C=O) groups is 2. The van der Waals surface area contributed by atoms with Crippen LogP contribution in [0.1, 0.15) is 72.3 Å². The van der Waals surface area contributed by atoms with E-state index in [0.717, 1.165) is 38.5 Å². The number of fused-ring (bicyclic) bond motifs is 3. The number of carbonyl (C=O) groups excluding carboxylic acids is 1. The van der Waals surface area contributed by atoms with Crippen molar-refractivity contribution in [3.05, 3.63) is 27.7 Å². The van der Waals surface area contributed by atoms with Gasteiger partial charge in [-0.1, -0.05) is 26.2 Å². The van der Waals surface area contributed by atoms with Gasteiger partial charge in [-0.05, 0) is 19.3 Å². The summed E-state index contributed by atoms with van der Waals surface area (Å²) in [7, 11) is 1.75. The molecule has 1 N–H and O–H groups in total. The maximum Gasteiger partial charge on any atom is 0.341 e. The molecule has 1 fully saturated rings. The summed E-state index contributed by atoms with van der Waals surface area (Å²) in [6.45, 7) is 2.28. The van der Waals surface area contributed by atoms with Gasteiger partial charge in [-0.2, -0.15) is 0 Å². The number of amides is 1. The van der Waals surface area contributed by atoms with Crippen LogP contribution in [0, 0.1) is 0 Å². The smallest absolute Gasteiger partial charge is 0.341 e. The summed E-state index contributed by atoms with van der Waals surface area (Å²) in [5.74, 6) is -1.68. The van der Waals surface area contributed by atoms with Gasteiger partial charge in [-0.15, -0.1) is 0 Å². The average Bonchev–Trinajstić information content (AvgIpc) is 2.60. The van der Waals surface area contributed by atoms with Crippen LogP contribution in [0.4, 0.5) is 0 Å². The number of hydrogen-bond acceptors (Lipinski definition) is 4. The van der Waals surface area contributed by atoms with Gasteiger partial charge in [0.2, 0.25) is 5.43 Å². The van der Waals surface area contributed by atoms with Crippen molar-refractivity contribution in [2.45, 2.75) is 57.5 Å². The highest BCUT2D eigenvalue weighted by molar-refractivity contribution is 5.98. The Labute approximate surface area is 146 Å². The van der Waals surface area contributed by atoms with E-state index in [1.54, 1.807) is 16.5 Å². The Morgan fingerprint density at radius 2 is 1.96 bits per heavy atom. The molecule has 0 radical (unpaired) electrons. The van der Waals surface area contributed by atoms with E-state index in [-0.39, 0.29) is 41.6 Å². The molecule has 0 aromatic carbocycles. The van der Waals surface area contributed by atoms with Crippen LogP contribution in [0.3, 0.4) is 0 Å². The summed E-state index contributed by atoms with van der Waals surface area (Å²) in [4.78, 5) is 38.7. The minimum atomic E-state index is -1.29. The monoisotopic (exact) mass is 348 g/mol. The first-order valence-electron chi connectivity index (χ1n) is 8.89. The third kappa shape index (κ3) is 2.92. The van der Waals surface area contributed by atoms with Gasteiger partial charge in [-0.25, -0.2) is 4.79 Å². The number of likely N-dealkylation sites (N-methyl/N-ethyl adjacent to an activating group) is 1. The number of carboxylic acid groups (broad SMARTS) is 1. The van der Waals surface area contributed by atoms with E-state index >= 15 is 0 Å². The molecule has 136 valence electrons. The molecule has 1 aliphatic heterocycles. The molecule has 2 heterocycles. The molecular weight excluding hydrogens is 324 g/mol. The Bertz CT molecular complexity index is 755. The normalized spacial score (nSPS) is 22.3. The number of pyridine rings is 1. The lowest BCUT2D eigenvalue weighted by atomic mass is 9.86. The summed E-state index contributed by atoms with van der Waals surface area (Å²) in [6.07, 6.45) is 6.73. The van der Waals surface area contributed by atoms with Gasteiger partial charge in [0.25, 0.3) is 5.91 Å². The second-order valence-electron chi connectivity index (χ2n) is 6.80. The molecule has 1 aliphatic carbocycles. The first-order chi connectivity index (χ1) is 12.0. The molecule has 7 nitrogen and oxygen atoms in total. The quantitative estimate of drug-likeness (QED) is 0.825. The number of nitrogens with zero attached hydrogens (tertiary/aromatic N) is 2. The predicted octanol–water partition coefficient (Wildman–Crippen LogP) is 2.29. The van der Waals surface area contributed by atoms with Crippen LogP contribution >= 0.6 is 0 Å². The van der Waals surface area contributed by atoms with Crippen molar-refractivity contribution < 1.29 is 19.4 Å².